The maximum Gasteiger partial charge on any atom is 0.433 e. The first-order valence-corrected chi connectivity index (χ1v) is 7.57. The number of Topliss-reactive ketones (excluding diaryl/α,β-unsaturated/α-hetero) is 1. The molecule has 0 amide bonds. The lowest BCUT2D eigenvalue weighted by molar-refractivity contribution is -0.402. The Balaban J connectivity index is 2.16. The molecule has 1 unspecified atom stereocenters. The predicted molar refractivity (Wildman–Crippen MR) is 82.6 cm³/mol. The van der Waals surface area contributed by atoms with Gasteiger partial charge in [0.05, 0.1) is 19.1 Å². The van der Waals surface area contributed by atoms with Crippen LogP contribution in [0.4, 0.5) is 5.88 Å². The van der Waals surface area contributed by atoms with E-state index in [0.29, 0.717) is 36.2 Å². The molecule has 0 saturated carbocycles. The van der Waals surface area contributed by atoms with Crippen molar-refractivity contribution in [3.63, 3.8) is 0 Å². The first-order valence-electron chi connectivity index (χ1n) is 7.57. The molecule has 24 heavy (non-hydrogen) atoms. The lowest BCUT2D eigenvalue weighted by Crippen LogP contribution is -2.36. The molecule has 2 atom stereocenters. The van der Waals surface area contributed by atoms with E-state index in [1.165, 1.54) is 19.2 Å². The fraction of sp³-hybridized carbons (Fsp3) is 0.438. The Kier molecular flexibility index (Phi) is 4.04. The highest BCUT2D eigenvalue weighted by molar-refractivity contribution is 6.08. The molecule has 0 fully saturated rings. The fourth-order valence-electron chi connectivity index (χ4n) is 3.35. The van der Waals surface area contributed by atoms with E-state index in [2.05, 4.69) is 4.99 Å². The Morgan fingerprint density at radius 1 is 1.42 bits per heavy atom. The highest BCUT2D eigenvalue weighted by Gasteiger charge is 2.44. The van der Waals surface area contributed by atoms with E-state index in [-0.39, 0.29) is 11.5 Å². The minimum absolute atomic E-state index is 0.106. The largest absolute Gasteiger partial charge is 0.468 e. The second-order valence-electron chi connectivity index (χ2n) is 5.80. The van der Waals surface area contributed by atoms with Gasteiger partial charge in [-0.2, -0.15) is 0 Å². The second-order valence-corrected chi connectivity index (χ2v) is 5.80. The van der Waals surface area contributed by atoms with Crippen LogP contribution in [0.5, 0.6) is 0 Å². The summed E-state index contributed by atoms with van der Waals surface area (Å²) in [6.07, 6.45) is 1.69. The van der Waals surface area contributed by atoms with Gasteiger partial charge in [-0.1, -0.05) is 0 Å². The zero-order valence-electron chi connectivity index (χ0n) is 13.3. The van der Waals surface area contributed by atoms with Crippen molar-refractivity contribution in [2.75, 3.05) is 7.11 Å². The van der Waals surface area contributed by atoms with E-state index < -0.39 is 28.6 Å². The van der Waals surface area contributed by atoms with Crippen molar-refractivity contribution in [2.45, 2.75) is 32.1 Å². The Bertz CT molecular complexity index is 788. The molecule has 8 heteroatoms. The maximum absolute atomic E-state index is 12.5. The quantitative estimate of drug-likeness (QED) is 0.477. The number of nitro groups is 1. The summed E-state index contributed by atoms with van der Waals surface area (Å²) in [6, 6.07) is 2.65. The van der Waals surface area contributed by atoms with Gasteiger partial charge in [-0.25, -0.2) is 0 Å². The van der Waals surface area contributed by atoms with Crippen molar-refractivity contribution in [1.82, 2.24) is 0 Å². The number of carbonyl (C=O) groups is 2. The topological polar surface area (TPSA) is 112 Å². The summed E-state index contributed by atoms with van der Waals surface area (Å²) < 4.78 is 10.2. The second kappa shape index (κ2) is 6.03. The molecule has 0 aromatic carbocycles. The van der Waals surface area contributed by atoms with E-state index in [0.717, 1.165) is 0 Å². The van der Waals surface area contributed by atoms with Gasteiger partial charge >= 0.3 is 11.9 Å². The minimum Gasteiger partial charge on any atom is -0.468 e. The summed E-state index contributed by atoms with van der Waals surface area (Å²) in [7, 11) is 1.25. The number of nitrogens with zero attached hydrogens (tertiary/aromatic N) is 2. The van der Waals surface area contributed by atoms with Crippen LogP contribution in [0, 0.1) is 16.0 Å². The predicted octanol–water partition coefficient (Wildman–Crippen LogP) is 2.54. The third-order valence-corrected chi connectivity index (χ3v) is 4.39. The average molecular weight is 332 g/mol. The normalized spacial score (nSPS) is 23.6. The zero-order chi connectivity index (χ0) is 17.4. The van der Waals surface area contributed by atoms with Gasteiger partial charge in [0, 0.05) is 23.4 Å². The van der Waals surface area contributed by atoms with E-state index in [4.69, 9.17) is 9.15 Å². The standard InChI is InChI=1S/C16H16N2O6/c1-8-13(16(20)23-2)15(11-6-7-12(24-11)18(21)22)14-9(17-8)4-3-5-10(14)19/h6-7,13,15H,3-5H2,1-2H3/t13?,15-/m1/s1. The van der Waals surface area contributed by atoms with Crippen LogP contribution in [0.2, 0.25) is 0 Å². The summed E-state index contributed by atoms with van der Waals surface area (Å²) in [4.78, 5) is 39.4. The smallest absolute Gasteiger partial charge is 0.433 e. The number of hydrogen-bond acceptors (Lipinski definition) is 7. The summed E-state index contributed by atoms with van der Waals surface area (Å²) in [5.41, 5.74) is 1.55. The van der Waals surface area contributed by atoms with Crippen LogP contribution in [0.3, 0.4) is 0 Å². The van der Waals surface area contributed by atoms with Gasteiger partial charge in [0.1, 0.15) is 16.6 Å². The third-order valence-electron chi connectivity index (χ3n) is 4.39. The third kappa shape index (κ3) is 2.53. The molecule has 8 nitrogen and oxygen atoms in total. The lowest BCUT2D eigenvalue weighted by atomic mass is 9.74. The fourth-order valence-corrected chi connectivity index (χ4v) is 3.35. The maximum atomic E-state index is 12.5. The van der Waals surface area contributed by atoms with Crippen LogP contribution in [-0.4, -0.2) is 29.5 Å². The number of allylic oxidation sites excluding steroid dienone is 2. The van der Waals surface area contributed by atoms with Crippen LogP contribution >= 0.6 is 0 Å². The molecule has 3 rings (SSSR count). The van der Waals surface area contributed by atoms with Crippen LogP contribution in [0.15, 0.2) is 32.8 Å². The summed E-state index contributed by atoms with van der Waals surface area (Å²) >= 11 is 0. The number of hydrogen-bond donors (Lipinski definition) is 0. The number of furan rings is 1. The SMILES string of the molecule is COC(=O)C1C(C)=NC2=C(C(=O)CCC2)[C@@H]1c1ccc([N+](=O)[O-])o1. The van der Waals surface area contributed by atoms with Crippen molar-refractivity contribution in [3.05, 3.63) is 39.3 Å². The number of methoxy groups -OCH3 is 1. The molecule has 2 heterocycles. The van der Waals surface area contributed by atoms with E-state index in [1.807, 2.05) is 0 Å². The number of carbonyl (C=O) groups excluding carboxylic acids is 2. The van der Waals surface area contributed by atoms with Crippen molar-refractivity contribution >= 4 is 23.3 Å². The van der Waals surface area contributed by atoms with Crippen molar-refractivity contribution in [3.8, 4) is 0 Å². The van der Waals surface area contributed by atoms with E-state index >= 15 is 0 Å². The Morgan fingerprint density at radius 3 is 2.79 bits per heavy atom. The average Bonchev–Trinajstić information content (AvgIpc) is 3.03. The molecule has 1 aliphatic carbocycles. The van der Waals surface area contributed by atoms with Crippen LogP contribution in [0.25, 0.3) is 0 Å². The first-order chi connectivity index (χ1) is 11.4. The molecule has 0 spiro atoms. The van der Waals surface area contributed by atoms with Crippen LogP contribution < -0.4 is 0 Å². The van der Waals surface area contributed by atoms with Gasteiger partial charge in [-0.15, -0.1) is 0 Å². The van der Waals surface area contributed by atoms with Gasteiger partial charge < -0.3 is 9.15 Å². The van der Waals surface area contributed by atoms with Crippen molar-refractivity contribution in [2.24, 2.45) is 10.9 Å². The van der Waals surface area contributed by atoms with Crippen LogP contribution in [0.1, 0.15) is 37.9 Å². The number of aliphatic imine (C=N–C) groups is 1. The number of ether oxygens (including phenoxy) is 1. The Labute approximate surface area is 137 Å². The summed E-state index contributed by atoms with van der Waals surface area (Å²) in [6.45, 7) is 1.69. The molecule has 0 N–H and O–H groups in total. The molecule has 2 aliphatic rings. The number of esters is 1. The first kappa shape index (κ1) is 16.1. The number of rotatable bonds is 3. The molecule has 126 valence electrons. The zero-order valence-corrected chi connectivity index (χ0v) is 13.3. The van der Waals surface area contributed by atoms with Crippen LogP contribution in [-0.2, 0) is 14.3 Å². The van der Waals surface area contributed by atoms with Gasteiger partial charge in [0.2, 0.25) is 0 Å². The van der Waals surface area contributed by atoms with Gasteiger partial charge in [-0.3, -0.25) is 24.7 Å². The molecule has 0 saturated heterocycles. The minimum atomic E-state index is -0.832. The molecule has 1 aromatic heterocycles. The molecule has 0 radical (unpaired) electrons. The Hall–Kier alpha value is -2.77. The van der Waals surface area contributed by atoms with E-state index in [1.54, 1.807) is 6.92 Å². The van der Waals surface area contributed by atoms with Crippen molar-refractivity contribution < 1.29 is 23.7 Å². The number of ketones is 1. The molecular weight excluding hydrogens is 316 g/mol. The van der Waals surface area contributed by atoms with Crippen molar-refractivity contribution in [1.29, 1.82) is 0 Å². The van der Waals surface area contributed by atoms with Gasteiger partial charge in [-0.05, 0) is 25.8 Å². The highest BCUT2D eigenvalue weighted by Crippen LogP contribution is 2.44. The lowest BCUT2D eigenvalue weighted by Gasteiger charge is -2.32. The molecule has 1 aliphatic heterocycles. The monoisotopic (exact) mass is 332 g/mol. The van der Waals surface area contributed by atoms with Gasteiger partial charge in [0.15, 0.2) is 5.78 Å². The summed E-state index contributed by atoms with van der Waals surface area (Å²) in [5.74, 6) is -2.46. The molecule has 1 aromatic rings. The Morgan fingerprint density at radius 2 is 2.17 bits per heavy atom. The molecular formula is C16H16N2O6. The van der Waals surface area contributed by atoms with E-state index in [9.17, 15) is 19.7 Å². The van der Waals surface area contributed by atoms with Gasteiger partial charge in [0.25, 0.3) is 0 Å². The summed E-state index contributed by atoms with van der Waals surface area (Å²) in [5, 5.41) is 10.9. The highest BCUT2D eigenvalue weighted by atomic mass is 16.6. The molecule has 0 bridgehead atoms.